The maximum absolute atomic E-state index is 8.60. The SMILES string of the molecule is CCCCc1nc(CC)n(CCC#N)c1Cl. The van der Waals surface area contributed by atoms with Crippen LogP contribution < -0.4 is 0 Å². The van der Waals surface area contributed by atoms with E-state index in [1.165, 1.54) is 0 Å². The van der Waals surface area contributed by atoms with Crippen LogP contribution in [-0.4, -0.2) is 9.55 Å². The van der Waals surface area contributed by atoms with E-state index in [1.54, 1.807) is 0 Å². The molecule has 0 saturated heterocycles. The molecule has 16 heavy (non-hydrogen) atoms. The van der Waals surface area contributed by atoms with Crippen LogP contribution in [0.3, 0.4) is 0 Å². The molecule has 0 aliphatic rings. The third-order valence-corrected chi connectivity index (χ3v) is 3.00. The van der Waals surface area contributed by atoms with Crippen molar-refractivity contribution in [3.8, 4) is 6.07 Å². The van der Waals surface area contributed by atoms with Crippen molar-refractivity contribution in [3.05, 3.63) is 16.7 Å². The Morgan fingerprint density at radius 3 is 2.75 bits per heavy atom. The van der Waals surface area contributed by atoms with Gasteiger partial charge >= 0.3 is 0 Å². The van der Waals surface area contributed by atoms with Crippen molar-refractivity contribution in [2.24, 2.45) is 0 Å². The van der Waals surface area contributed by atoms with Crippen molar-refractivity contribution in [2.75, 3.05) is 0 Å². The van der Waals surface area contributed by atoms with Crippen molar-refractivity contribution in [1.82, 2.24) is 9.55 Å². The van der Waals surface area contributed by atoms with Crippen molar-refractivity contribution in [2.45, 2.75) is 52.5 Å². The van der Waals surface area contributed by atoms with E-state index in [0.29, 0.717) is 13.0 Å². The lowest BCUT2D eigenvalue weighted by Gasteiger charge is -2.04. The van der Waals surface area contributed by atoms with E-state index in [0.717, 1.165) is 42.4 Å². The van der Waals surface area contributed by atoms with Crippen LogP contribution in [0.1, 0.15) is 44.6 Å². The van der Waals surface area contributed by atoms with E-state index < -0.39 is 0 Å². The van der Waals surface area contributed by atoms with Crippen molar-refractivity contribution in [3.63, 3.8) is 0 Å². The molecule has 88 valence electrons. The fourth-order valence-electron chi connectivity index (χ4n) is 1.69. The highest BCUT2D eigenvalue weighted by molar-refractivity contribution is 6.30. The second-order valence-corrected chi connectivity index (χ2v) is 4.14. The summed E-state index contributed by atoms with van der Waals surface area (Å²) in [7, 11) is 0. The molecular formula is C12H18ClN3. The highest BCUT2D eigenvalue weighted by Crippen LogP contribution is 2.21. The smallest absolute Gasteiger partial charge is 0.132 e. The second kappa shape index (κ2) is 6.55. The highest BCUT2D eigenvalue weighted by atomic mass is 35.5. The number of aromatic nitrogens is 2. The molecule has 1 rings (SSSR count). The van der Waals surface area contributed by atoms with Gasteiger partial charge in [0.1, 0.15) is 11.0 Å². The van der Waals surface area contributed by atoms with E-state index in [-0.39, 0.29) is 0 Å². The van der Waals surface area contributed by atoms with Gasteiger partial charge in [-0.1, -0.05) is 31.9 Å². The summed E-state index contributed by atoms with van der Waals surface area (Å²) >= 11 is 6.27. The predicted molar refractivity (Wildman–Crippen MR) is 65.5 cm³/mol. The number of nitrogens with zero attached hydrogens (tertiary/aromatic N) is 3. The molecule has 0 N–H and O–H groups in total. The van der Waals surface area contributed by atoms with Crippen LogP contribution in [-0.2, 0) is 19.4 Å². The molecule has 0 unspecified atom stereocenters. The van der Waals surface area contributed by atoms with Crippen LogP contribution in [0.5, 0.6) is 0 Å². The number of imidazole rings is 1. The number of unbranched alkanes of at least 4 members (excludes halogenated alkanes) is 1. The van der Waals surface area contributed by atoms with Gasteiger partial charge in [0.2, 0.25) is 0 Å². The molecule has 0 bridgehead atoms. The van der Waals surface area contributed by atoms with Gasteiger partial charge in [0.15, 0.2) is 0 Å². The summed E-state index contributed by atoms with van der Waals surface area (Å²) in [5.41, 5.74) is 0.985. The average Bonchev–Trinajstić information content (AvgIpc) is 2.60. The normalized spacial score (nSPS) is 10.4. The summed E-state index contributed by atoms with van der Waals surface area (Å²) in [5, 5.41) is 9.33. The van der Waals surface area contributed by atoms with Crippen molar-refractivity contribution < 1.29 is 0 Å². The summed E-state index contributed by atoms with van der Waals surface area (Å²) in [5.74, 6) is 0.992. The van der Waals surface area contributed by atoms with E-state index in [1.807, 2.05) is 4.57 Å². The van der Waals surface area contributed by atoms with Crippen LogP contribution in [0.15, 0.2) is 0 Å². The molecule has 0 atom stereocenters. The van der Waals surface area contributed by atoms with E-state index in [9.17, 15) is 0 Å². The minimum Gasteiger partial charge on any atom is -0.318 e. The standard InChI is InChI=1S/C12H18ClN3/c1-3-5-7-10-12(13)16(9-6-8-14)11(4-2)15-10/h3-7,9H2,1-2H3. The van der Waals surface area contributed by atoms with Crippen LogP contribution in [0.25, 0.3) is 0 Å². The molecule has 0 amide bonds. The van der Waals surface area contributed by atoms with Crippen molar-refractivity contribution in [1.29, 1.82) is 5.26 Å². The Hall–Kier alpha value is -1.01. The number of nitriles is 1. The zero-order valence-electron chi connectivity index (χ0n) is 9.96. The van der Waals surface area contributed by atoms with Gasteiger partial charge in [-0.05, 0) is 12.8 Å². The van der Waals surface area contributed by atoms with Gasteiger partial charge in [0.25, 0.3) is 0 Å². The molecule has 0 radical (unpaired) electrons. The van der Waals surface area contributed by atoms with E-state index in [2.05, 4.69) is 24.9 Å². The van der Waals surface area contributed by atoms with Crippen LogP contribution >= 0.6 is 11.6 Å². The van der Waals surface area contributed by atoms with Gasteiger partial charge in [0, 0.05) is 13.0 Å². The minimum atomic E-state index is 0.482. The summed E-state index contributed by atoms with van der Waals surface area (Å²) in [6.07, 6.45) is 4.52. The fraction of sp³-hybridized carbons (Fsp3) is 0.667. The average molecular weight is 240 g/mol. The summed E-state index contributed by atoms with van der Waals surface area (Å²) in [6.45, 7) is 4.87. The maximum atomic E-state index is 8.60. The van der Waals surface area contributed by atoms with Crippen LogP contribution in [0.2, 0.25) is 5.15 Å². The van der Waals surface area contributed by atoms with E-state index >= 15 is 0 Å². The first kappa shape index (κ1) is 13.1. The van der Waals surface area contributed by atoms with Gasteiger partial charge in [-0.3, -0.25) is 0 Å². The summed E-state index contributed by atoms with van der Waals surface area (Å²) in [6, 6.07) is 2.14. The Balaban J connectivity index is 2.88. The third-order valence-electron chi connectivity index (χ3n) is 2.58. The van der Waals surface area contributed by atoms with Crippen LogP contribution in [0.4, 0.5) is 0 Å². The molecule has 1 aromatic rings. The number of hydrogen-bond acceptors (Lipinski definition) is 2. The lowest BCUT2D eigenvalue weighted by Crippen LogP contribution is -2.02. The van der Waals surface area contributed by atoms with Gasteiger partial charge in [-0.15, -0.1) is 0 Å². The van der Waals surface area contributed by atoms with Crippen molar-refractivity contribution >= 4 is 11.6 Å². The maximum Gasteiger partial charge on any atom is 0.132 e. The van der Waals surface area contributed by atoms with Gasteiger partial charge < -0.3 is 4.57 Å². The van der Waals surface area contributed by atoms with Gasteiger partial charge in [0.05, 0.1) is 18.2 Å². The Kier molecular flexibility index (Phi) is 5.34. The largest absolute Gasteiger partial charge is 0.318 e. The Morgan fingerprint density at radius 1 is 1.44 bits per heavy atom. The summed E-state index contributed by atoms with van der Waals surface area (Å²) in [4.78, 5) is 4.54. The van der Waals surface area contributed by atoms with Gasteiger partial charge in [-0.2, -0.15) is 5.26 Å². The number of rotatable bonds is 6. The lowest BCUT2D eigenvalue weighted by atomic mass is 10.2. The molecule has 1 heterocycles. The number of hydrogen-bond donors (Lipinski definition) is 0. The molecule has 0 aliphatic heterocycles. The molecule has 4 heteroatoms. The predicted octanol–water partition coefficient (Wildman–Crippen LogP) is 3.36. The zero-order chi connectivity index (χ0) is 12.0. The first-order valence-corrected chi connectivity index (χ1v) is 6.23. The molecule has 0 saturated carbocycles. The quantitative estimate of drug-likeness (QED) is 0.764. The Bertz CT molecular complexity index is 376. The first-order chi connectivity index (χ1) is 7.74. The highest BCUT2D eigenvalue weighted by Gasteiger charge is 2.13. The molecule has 0 aliphatic carbocycles. The lowest BCUT2D eigenvalue weighted by molar-refractivity contribution is 0.671. The fourth-order valence-corrected chi connectivity index (χ4v) is 2.01. The Labute approximate surface area is 102 Å². The number of aryl methyl sites for hydroxylation is 2. The van der Waals surface area contributed by atoms with Gasteiger partial charge in [-0.25, -0.2) is 4.98 Å². The molecule has 3 nitrogen and oxygen atoms in total. The zero-order valence-corrected chi connectivity index (χ0v) is 10.7. The van der Waals surface area contributed by atoms with E-state index in [4.69, 9.17) is 16.9 Å². The first-order valence-electron chi connectivity index (χ1n) is 5.85. The third kappa shape index (κ3) is 2.99. The Morgan fingerprint density at radius 2 is 2.19 bits per heavy atom. The molecule has 1 aromatic heterocycles. The second-order valence-electron chi connectivity index (χ2n) is 3.78. The van der Waals surface area contributed by atoms with Crippen LogP contribution in [0, 0.1) is 11.3 Å². The monoisotopic (exact) mass is 239 g/mol. The minimum absolute atomic E-state index is 0.482. The summed E-state index contributed by atoms with van der Waals surface area (Å²) < 4.78 is 1.97. The number of halogens is 1. The molecular weight excluding hydrogens is 222 g/mol. The molecule has 0 aromatic carbocycles. The topological polar surface area (TPSA) is 41.6 Å². The molecule has 0 fully saturated rings. The molecule has 0 spiro atoms.